The van der Waals surface area contributed by atoms with E-state index in [1.165, 1.54) is 24.9 Å². The zero-order chi connectivity index (χ0) is 20.1. The summed E-state index contributed by atoms with van der Waals surface area (Å²) in [4.78, 5) is 29.0. The summed E-state index contributed by atoms with van der Waals surface area (Å²) in [5.41, 5.74) is 9.32. The summed E-state index contributed by atoms with van der Waals surface area (Å²) in [6.45, 7) is 0.572. The number of nitrogens with zero attached hydrogens (tertiary/aromatic N) is 4. The topological polar surface area (TPSA) is 120 Å². The molecule has 4 rings (SSSR count). The van der Waals surface area contributed by atoms with Crippen molar-refractivity contribution in [2.24, 2.45) is 0 Å². The van der Waals surface area contributed by atoms with Gasteiger partial charge in [-0.2, -0.15) is 0 Å². The summed E-state index contributed by atoms with van der Waals surface area (Å²) in [5.74, 6) is 0.703. The van der Waals surface area contributed by atoms with Crippen molar-refractivity contribution in [1.82, 2.24) is 19.9 Å². The Balaban J connectivity index is 1.41. The molecule has 0 atom stereocenters. The molecular formula is C21H18N6O2. The minimum Gasteiger partial charge on any atom is -0.443 e. The van der Waals surface area contributed by atoms with Crippen LogP contribution in [0.4, 0.5) is 11.5 Å². The molecule has 0 aliphatic carbocycles. The molecule has 0 bridgehead atoms. The lowest BCUT2D eigenvalue weighted by Crippen LogP contribution is -2.08. The van der Waals surface area contributed by atoms with Gasteiger partial charge in [-0.3, -0.25) is 4.79 Å². The van der Waals surface area contributed by atoms with Crippen LogP contribution >= 0.6 is 0 Å². The molecule has 4 aromatic rings. The molecule has 1 aromatic carbocycles. The molecule has 0 spiro atoms. The van der Waals surface area contributed by atoms with Gasteiger partial charge in [0.15, 0.2) is 5.78 Å². The summed E-state index contributed by atoms with van der Waals surface area (Å²) in [6, 6.07) is 11.5. The molecular weight excluding hydrogens is 368 g/mol. The number of hydrogen-bond acceptors (Lipinski definition) is 8. The Labute approximate surface area is 166 Å². The second-order valence-corrected chi connectivity index (χ2v) is 6.33. The average molecular weight is 386 g/mol. The van der Waals surface area contributed by atoms with E-state index in [9.17, 15) is 4.79 Å². The highest BCUT2D eigenvalue weighted by molar-refractivity contribution is 5.95. The van der Waals surface area contributed by atoms with E-state index in [0.717, 1.165) is 16.8 Å². The molecule has 0 aliphatic heterocycles. The molecule has 144 valence electrons. The molecule has 3 aromatic heterocycles. The summed E-state index contributed by atoms with van der Waals surface area (Å²) in [6.07, 6.45) is 7.79. The van der Waals surface area contributed by atoms with Crippen molar-refractivity contribution in [2.75, 3.05) is 11.1 Å². The third-order valence-electron chi connectivity index (χ3n) is 4.27. The molecule has 0 fully saturated rings. The Morgan fingerprint density at radius 1 is 1.00 bits per heavy atom. The second kappa shape index (κ2) is 8.30. The van der Waals surface area contributed by atoms with E-state index in [1.807, 2.05) is 36.4 Å². The third kappa shape index (κ3) is 4.44. The zero-order valence-electron chi connectivity index (χ0n) is 15.4. The van der Waals surface area contributed by atoms with Crippen molar-refractivity contribution in [3.63, 3.8) is 0 Å². The van der Waals surface area contributed by atoms with Gasteiger partial charge in [0.2, 0.25) is 5.89 Å². The van der Waals surface area contributed by atoms with Gasteiger partial charge in [0.05, 0.1) is 24.3 Å². The van der Waals surface area contributed by atoms with Crippen LogP contribution in [-0.4, -0.2) is 25.7 Å². The van der Waals surface area contributed by atoms with E-state index in [2.05, 4.69) is 25.3 Å². The first-order chi connectivity index (χ1) is 14.2. The number of oxazole rings is 1. The van der Waals surface area contributed by atoms with Crippen molar-refractivity contribution in [3.05, 3.63) is 84.3 Å². The fraction of sp³-hybridized carbons (Fsp3) is 0.0952. The van der Waals surface area contributed by atoms with Gasteiger partial charge in [0, 0.05) is 19.2 Å². The molecule has 29 heavy (non-hydrogen) atoms. The minimum atomic E-state index is -0.113. The van der Waals surface area contributed by atoms with Crippen molar-refractivity contribution >= 4 is 17.3 Å². The fourth-order valence-electron chi connectivity index (χ4n) is 2.82. The molecule has 0 aliphatic rings. The zero-order valence-corrected chi connectivity index (χ0v) is 15.4. The highest BCUT2D eigenvalue weighted by Crippen LogP contribution is 2.17. The van der Waals surface area contributed by atoms with Crippen molar-refractivity contribution in [3.8, 4) is 11.6 Å². The lowest BCUT2D eigenvalue weighted by molar-refractivity contribution is 0.0988. The Kier molecular flexibility index (Phi) is 5.24. The summed E-state index contributed by atoms with van der Waals surface area (Å²) >= 11 is 0. The monoisotopic (exact) mass is 386 g/mol. The SMILES string of the molecule is Nc1ncccc1NCc1cccc(CC(=O)c2cnc(-c3ncco3)cn2)c1. The van der Waals surface area contributed by atoms with E-state index < -0.39 is 0 Å². The number of Topliss-reactive ketones (excluding diaryl/α,β-unsaturated/α-hetero) is 1. The van der Waals surface area contributed by atoms with Crippen molar-refractivity contribution < 1.29 is 9.21 Å². The van der Waals surface area contributed by atoms with E-state index in [4.69, 9.17) is 10.2 Å². The maximum Gasteiger partial charge on any atom is 0.246 e. The number of aromatic nitrogens is 4. The smallest absolute Gasteiger partial charge is 0.246 e. The van der Waals surface area contributed by atoms with Crippen LogP contribution in [-0.2, 0) is 13.0 Å². The van der Waals surface area contributed by atoms with Gasteiger partial charge in [-0.25, -0.2) is 19.9 Å². The van der Waals surface area contributed by atoms with Gasteiger partial charge in [0.25, 0.3) is 0 Å². The van der Waals surface area contributed by atoms with Crippen LogP contribution < -0.4 is 11.1 Å². The molecule has 0 unspecified atom stereocenters. The van der Waals surface area contributed by atoms with Crippen molar-refractivity contribution in [1.29, 1.82) is 0 Å². The van der Waals surface area contributed by atoms with E-state index in [-0.39, 0.29) is 12.2 Å². The average Bonchev–Trinajstić information content (AvgIpc) is 3.28. The number of nitrogens with one attached hydrogen (secondary N) is 1. The van der Waals surface area contributed by atoms with Crippen LogP contribution in [0, 0.1) is 0 Å². The number of nitrogen functional groups attached to an aromatic ring is 1. The fourth-order valence-corrected chi connectivity index (χ4v) is 2.82. The number of benzene rings is 1. The molecule has 0 saturated carbocycles. The van der Waals surface area contributed by atoms with Crippen molar-refractivity contribution in [2.45, 2.75) is 13.0 Å². The number of carbonyl (C=O) groups is 1. The summed E-state index contributed by atoms with van der Waals surface area (Å²) < 4.78 is 5.17. The standard InChI is InChI=1S/C21H18N6O2/c22-20-16(5-2-6-23-20)25-11-15-4-1-3-14(9-15)10-19(28)17-12-27-18(13-26-17)21-24-7-8-29-21/h1-9,12-13,25H,10-11H2,(H2,22,23). The Bertz CT molecular complexity index is 1110. The van der Waals surface area contributed by atoms with Gasteiger partial charge in [-0.15, -0.1) is 0 Å². The maximum absolute atomic E-state index is 12.6. The summed E-state index contributed by atoms with van der Waals surface area (Å²) in [7, 11) is 0. The Morgan fingerprint density at radius 3 is 2.66 bits per heavy atom. The number of ketones is 1. The highest BCUT2D eigenvalue weighted by atomic mass is 16.3. The second-order valence-electron chi connectivity index (χ2n) is 6.33. The number of nitrogens with two attached hydrogens (primary N) is 1. The van der Waals surface area contributed by atoms with Crippen LogP contribution in [0.1, 0.15) is 21.6 Å². The first kappa shape index (κ1) is 18.3. The Morgan fingerprint density at radius 2 is 1.90 bits per heavy atom. The van der Waals surface area contributed by atoms with E-state index >= 15 is 0 Å². The van der Waals surface area contributed by atoms with Gasteiger partial charge < -0.3 is 15.5 Å². The molecule has 0 amide bonds. The van der Waals surface area contributed by atoms with E-state index in [0.29, 0.717) is 29.6 Å². The predicted molar refractivity (Wildman–Crippen MR) is 108 cm³/mol. The van der Waals surface area contributed by atoms with Crippen LogP contribution in [0.15, 0.2) is 71.9 Å². The maximum atomic E-state index is 12.6. The number of rotatable bonds is 7. The molecule has 0 saturated heterocycles. The lowest BCUT2D eigenvalue weighted by Gasteiger charge is -2.09. The Hall–Kier alpha value is -4.07. The predicted octanol–water partition coefficient (Wildman–Crippen LogP) is 3.15. The molecule has 3 N–H and O–H groups in total. The van der Waals surface area contributed by atoms with Gasteiger partial charge >= 0.3 is 0 Å². The normalized spacial score (nSPS) is 10.6. The third-order valence-corrected chi connectivity index (χ3v) is 4.27. The first-order valence-electron chi connectivity index (χ1n) is 8.96. The summed E-state index contributed by atoms with van der Waals surface area (Å²) in [5, 5.41) is 3.25. The molecule has 8 heteroatoms. The quantitative estimate of drug-likeness (QED) is 0.465. The lowest BCUT2D eigenvalue weighted by atomic mass is 10.0. The minimum absolute atomic E-state index is 0.113. The number of hydrogen-bond donors (Lipinski definition) is 2. The number of anilines is 2. The van der Waals surface area contributed by atoms with Crippen LogP contribution in [0.3, 0.4) is 0 Å². The van der Waals surface area contributed by atoms with Crippen LogP contribution in [0.2, 0.25) is 0 Å². The largest absolute Gasteiger partial charge is 0.443 e. The van der Waals surface area contributed by atoms with E-state index in [1.54, 1.807) is 6.20 Å². The van der Waals surface area contributed by atoms with Gasteiger partial charge in [-0.05, 0) is 23.3 Å². The van der Waals surface area contributed by atoms with Crippen LogP contribution in [0.5, 0.6) is 0 Å². The highest BCUT2D eigenvalue weighted by Gasteiger charge is 2.12. The molecule has 8 nitrogen and oxygen atoms in total. The van der Waals surface area contributed by atoms with Gasteiger partial charge in [-0.1, -0.05) is 24.3 Å². The molecule has 0 radical (unpaired) electrons. The number of pyridine rings is 1. The number of carbonyl (C=O) groups excluding carboxylic acids is 1. The van der Waals surface area contributed by atoms with Crippen LogP contribution in [0.25, 0.3) is 11.6 Å². The molecule has 3 heterocycles. The first-order valence-corrected chi connectivity index (χ1v) is 8.96. The van der Waals surface area contributed by atoms with Gasteiger partial charge in [0.1, 0.15) is 23.5 Å².